The van der Waals surface area contributed by atoms with Crippen LogP contribution in [0, 0.1) is 17.3 Å². The lowest BCUT2D eigenvalue weighted by molar-refractivity contribution is 0.0288. The Labute approximate surface area is 77.7 Å². The van der Waals surface area contributed by atoms with Gasteiger partial charge in [-0.25, -0.2) is 0 Å². The van der Waals surface area contributed by atoms with E-state index < -0.39 is 0 Å². The van der Waals surface area contributed by atoms with Gasteiger partial charge in [-0.15, -0.1) is 0 Å². The summed E-state index contributed by atoms with van der Waals surface area (Å²) in [5, 5.41) is 0. The van der Waals surface area contributed by atoms with Gasteiger partial charge in [-0.3, -0.25) is 0 Å². The Morgan fingerprint density at radius 2 is 1.92 bits per heavy atom. The van der Waals surface area contributed by atoms with Gasteiger partial charge in [-0.2, -0.15) is 0 Å². The molecule has 0 saturated heterocycles. The molecule has 0 heterocycles. The fourth-order valence-corrected chi connectivity index (χ4v) is 2.90. The normalized spacial score (nSPS) is 34.0. The van der Waals surface area contributed by atoms with Crippen LogP contribution in [-0.2, 0) is 0 Å². The van der Waals surface area contributed by atoms with E-state index in [-0.39, 0.29) is 0 Å². The summed E-state index contributed by atoms with van der Waals surface area (Å²) in [5.41, 5.74) is 0.659. The second-order valence-corrected chi connectivity index (χ2v) is 4.92. The summed E-state index contributed by atoms with van der Waals surface area (Å²) in [6, 6.07) is 0. The molecular weight excluding hydrogens is 144 g/mol. The quantitative estimate of drug-likeness (QED) is 0.588. The van der Waals surface area contributed by atoms with Crippen LogP contribution < -0.4 is 0 Å². The van der Waals surface area contributed by atoms with E-state index in [1.54, 1.807) is 0 Å². The summed E-state index contributed by atoms with van der Waals surface area (Å²) in [7, 11) is 0. The smallest absolute Gasteiger partial charge is 0.0298 e. The van der Waals surface area contributed by atoms with Crippen molar-refractivity contribution in [3.63, 3.8) is 0 Å². The van der Waals surface area contributed by atoms with Crippen LogP contribution in [0.3, 0.4) is 0 Å². The molecule has 1 saturated carbocycles. The molecule has 0 amide bonds. The van der Waals surface area contributed by atoms with Crippen molar-refractivity contribution in [3.8, 4) is 0 Å². The zero-order valence-corrected chi connectivity index (χ0v) is 9.19. The Morgan fingerprint density at radius 1 is 1.25 bits per heavy atom. The van der Waals surface area contributed by atoms with Crippen LogP contribution in [0.25, 0.3) is 0 Å². The van der Waals surface area contributed by atoms with Crippen molar-refractivity contribution in [2.24, 2.45) is 17.3 Å². The van der Waals surface area contributed by atoms with E-state index >= 15 is 0 Å². The molecule has 0 aromatic heterocycles. The molecule has 0 bridgehead atoms. The minimum Gasteiger partial charge on any atom is -0.0654 e. The molecule has 0 aromatic rings. The third kappa shape index (κ3) is 1.67. The predicted octanol–water partition coefficient (Wildman–Crippen LogP) is 4.25. The molecule has 3 unspecified atom stereocenters. The van der Waals surface area contributed by atoms with Gasteiger partial charge in [0, 0.05) is 0 Å². The SMILES string of the molecule is CCCC(C)(CC)C1CCC1C. The first kappa shape index (κ1) is 10.1. The minimum atomic E-state index is 0.659. The van der Waals surface area contributed by atoms with Crippen molar-refractivity contribution >= 4 is 0 Å². The molecule has 0 nitrogen and oxygen atoms in total. The van der Waals surface area contributed by atoms with Crippen LogP contribution in [0.1, 0.15) is 59.8 Å². The molecule has 1 rings (SSSR count). The van der Waals surface area contributed by atoms with Gasteiger partial charge < -0.3 is 0 Å². The zero-order valence-electron chi connectivity index (χ0n) is 9.19. The summed E-state index contributed by atoms with van der Waals surface area (Å²) < 4.78 is 0. The third-order valence-electron chi connectivity index (χ3n) is 4.14. The molecule has 0 aliphatic heterocycles. The summed E-state index contributed by atoms with van der Waals surface area (Å²) in [5.74, 6) is 2.03. The van der Waals surface area contributed by atoms with Crippen LogP contribution in [-0.4, -0.2) is 0 Å². The highest BCUT2D eigenvalue weighted by Gasteiger charge is 2.40. The Morgan fingerprint density at radius 3 is 2.17 bits per heavy atom. The maximum absolute atomic E-state index is 2.50. The molecule has 12 heavy (non-hydrogen) atoms. The Kier molecular flexibility index (Phi) is 3.20. The van der Waals surface area contributed by atoms with Crippen LogP contribution in [0.4, 0.5) is 0 Å². The largest absolute Gasteiger partial charge is 0.0654 e. The highest BCUT2D eigenvalue weighted by molar-refractivity contribution is 4.90. The predicted molar refractivity (Wildman–Crippen MR) is 55.2 cm³/mol. The fourth-order valence-electron chi connectivity index (χ4n) is 2.90. The minimum absolute atomic E-state index is 0.659. The highest BCUT2D eigenvalue weighted by Crippen LogP contribution is 2.50. The molecular formula is C12H24. The van der Waals surface area contributed by atoms with Gasteiger partial charge in [-0.05, 0) is 30.1 Å². The van der Waals surface area contributed by atoms with Crippen molar-refractivity contribution in [1.82, 2.24) is 0 Å². The molecule has 3 atom stereocenters. The second kappa shape index (κ2) is 3.81. The average Bonchev–Trinajstić information content (AvgIpc) is 2.02. The lowest BCUT2D eigenvalue weighted by Gasteiger charge is -2.47. The van der Waals surface area contributed by atoms with E-state index in [9.17, 15) is 0 Å². The summed E-state index contributed by atoms with van der Waals surface area (Å²) in [4.78, 5) is 0. The van der Waals surface area contributed by atoms with Crippen LogP contribution in [0.15, 0.2) is 0 Å². The van der Waals surface area contributed by atoms with Crippen molar-refractivity contribution in [2.45, 2.75) is 59.8 Å². The van der Waals surface area contributed by atoms with Gasteiger partial charge in [0.15, 0.2) is 0 Å². The first-order valence-electron chi connectivity index (χ1n) is 5.64. The maximum Gasteiger partial charge on any atom is -0.0298 e. The van der Waals surface area contributed by atoms with Gasteiger partial charge in [0.2, 0.25) is 0 Å². The molecule has 1 aliphatic rings. The topological polar surface area (TPSA) is 0 Å². The van der Waals surface area contributed by atoms with Gasteiger partial charge in [0.05, 0.1) is 0 Å². The lowest BCUT2D eigenvalue weighted by Crippen LogP contribution is -2.38. The molecule has 0 aromatic carbocycles. The van der Waals surface area contributed by atoms with Gasteiger partial charge >= 0.3 is 0 Å². The summed E-state index contributed by atoms with van der Waals surface area (Å²) in [6.07, 6.45) is 7.12. The number of rotatable bonds is 4. The van der Waals surface area contributed by atoms with E-state index in [0.717, 1.165) is 11.8 Å². The maximum atomic E-state index is 2.50. The molecule has 0 N–H and O–H groups in total. The monoisotopic (exact) mass is 168 g/mol. The van der Waals surface area contributed by atoms with Crippen molar-refractivity contribution in [3.05, 3.63) is 0 Å². The number of hydrogen-bond donors (Lipinski definition) is 0. The van der Waals surface area contributed by atoms with E-state index in [4.69, 9.17) is 0 Å². The van der Waals surface area contributed by atoms with E-state index in [1.165, 1.54) is 32.1 Å². The number of hydrogen-bond acceptors (Lipinski definition) is 0. The van der Waals surface area contributed by atoms with Crippen LogP contribution in [0.2, 0.25) is 0 Å². The first-order valence-corrected chi connectivity index (χ1v) is 5.64. The van der Waals surface area contributed by atoms with Crippen molar-refractivity contribution < 1.29 is 0 Å². The molecule has 1 fully saturated rings. The van der Waals surface area contributed by atoms with E-state index in [2.05, 4.69) is 27.7 Å². The van der Waals surface area contributed by atoms with Crippen molar-refractivity contribution in [2.75, 3.05) is 0 Å². The van der Waals surface area contributed by atoms with Gasteiger partial charge in [0.25, 0.3) is 0 Å². The molecule has 0 radical (unpaired) electrons. The molecule has 0 spiro atoms. The lowest BCUT2D eigenvalue weighted by atomic mass is 9.58. The third-order valence-corrected chi connectivity index (χ3v) is 4.14. The molecule has 0 heteroatoms. The first-order chi connectivity index (χ1) is 5.64. The Balaban J connectivity index is 2.52. The van der Waals surface area contributed by atoms with Gasteiger partial charge in [-0.1, -0.05) is 47.0 Å². The summed E-state index contributed by atoms with van der Waals surface area (Å²) >= 11 is 0. The summed E-state index contributed by atoms with van der Waals surface area (Å²) in [6.45, 7) is 9.60. The van der Waals surface area contributed by atoms with Gasteiger partial charge in [0.1, 0.15) is 0 Å². The highest BCUT2D eigenvalue weighted by atomic mass is 14.4. The van der Waals surface area contributed by atoms with E-state index in [1.807, 2.05) is 0 Å². The van der Waals surface area contributed by atoms with Crippen LogP contribution >= 0.6 is 0 Å². The Hall–Kier alpha value is 0. The Bertz CT molecular complexity index is 139. The molecule has 72 valence electrons. The second-order valence-electron chi connectivity index (χ2n) is 4.92. The standard InChI is InChI=1S/C12H24/c1-5-9-12(4,6-2)11-8-7-10(11)3/h10-11H,5-9H2,1-4H3. The van der Waals surface area contributed by atoms with Crippen molar-refractivity contribution in [1.29, 1.82) is 0 Å². The average molecular weight is 168 g/mol. The molecule has 1 aliphatic carbocycles. The van der Waals surface area contributed by atoms with E-state index in [0.29, 0.717) is 5.41 Å². The zero-order chi connectivity index (χ0) is 9.19. The van der Waals surface area contributed by atoms with Crippen LogP contribution in [0.5, 0.6) is 0 Å². The fraction of sp³-hybridized carbons (Fsp3) is 1.00.